The van der Waals surface area contributed by atoms with E-state index in [0.717, 1.165) is 5.69 Å². The summed E-state index contributed by atoms with van der Waals surface area (Å²) in [5.41, 5.74) is 4.32. The van der Waals surface area contributed by atoms with Crippen molar-refractivity contribution in [2.24, 2.45) is 5.10 Å². The highest BCUT2D eigenvalue weighted by Crippen LogP contribution is 2.25. The summed E-state index contributed by atoms with van der Waals surface area (Å²) in [5, 5.41) is 16.8. The van der Waals surface area contributed by atoms with E-state index < -0.39 is 5.97 Å². The van der Waals surface area contributed by atoms with Crippen LogP contribution < -0.4 is 15.6 Å². The van der Waals surface area contributed by atoms with E-state index in [-0.39, 0.29) is 11.5 Å². The maximum Gasteiger partial charge on any atom is 0.336 e. The van der Waals surface area contributed by atoms with Gasteiger partial charge in [-0.2, -0.15) is 20.1 Å². The number of carboxylic acid groups (broad SMARTS) is 1. The zero-order chi connectivity index (χ0) is 24.7. The smallest absolute Gasteiger partial charge is 0.336 e. The van der Waals surface area contributed by atoms with Crippen LogP contribution in [0.1, 0.15) is 16.1 Å². The number of nitrogens with one attached hydrogen (secondary N) is 2. The molecule has 0 radical (unpaired) electrons. The molecule has 3 heterocycles. The number of para-hydroxylation sites is 1. The van der Waals surface area contributed by atoms with Crippen LogP contribution in [0.3, 0.4) is 0 Å². The summed E-state index contributed by atoms with van der Waals surface area (Å²) >= 11 is 0. The molecule has 0 saturated carbocycles. The van der Waals surface area contributed by atoms with Crippen LogP contribution in [-0.4, -0.2) is 58.5 Å². The minimum absolute atomic E-state index is 0.160. The normalized spacial score (nSPS) is 13.6. The topological polar surface area (TPSA) is 138 Å². The first-order valence-corrected chi connectivity index (χ1v) is 11.3. The largest absolute Gasteiger partial charge is 0.478 e. The van der Waals surface area contributed by atoms with E-state index in [0.29, 0.717) is 55.3 Å². The van der Waals surface area contributed by atoms with Crippen molar-refractivity contribution in [3.05, 3.63) is 78.1 Å². The average molecular weight is 486 g/mol. The Morgan fingerprint density at radius 3 is 2.50 bits per heavy atom. The van der Waals surface area contributed by atoms with Gasteiger partial charge in [-0.3, -0.25) is 0 Å². The molecule has 3 N–H and O–H groups in total. The van der Waals surface area contributed by atoms with Gasteiger partial charge in [0.05, 0.1) is 25.0 Å². The van der Waals surface area contributed by atoms with Crippen LogP contribution >= 0.6 is 0 Å². The number of aromatic carboxylic acids is 1. The zero-order valence-corrected chi connectivity index (χ0v) is 19.2. The molecule has 4 aromatic rings. The number of carbonyl (C=O) groups is 1. The first-order valence-electron chi connectivity index (χ1n) is 11.3. The number of furan rings is 1. The van der Waals surface area contributed by atoms with Crippen LogP contribution in [0, 0.1) is 0 Å². The van der Waals surface area contributed by atoms with Gasteiger partial charge in [-0.15, -0.1) is 0 Å². The number of hydrogen-bond donors (Lipinski definition) is 3. The summed E-state index contributed by atoms with van der Waals surface area (Å²) in [7, 11) is 0. The fourth-order valence-electron chi connectivity index (χ4n) is 3.63. The molecule has 11 heteroatoms. The Morgan fingerprint density at radius 1 is 0.944 bits per heavy atom. The van der Waals surface area contributed by atoms with Gasteiger partial charge >= 0.3 is 5.97 Å². The van der Waals surface area contributed by atoms with Crippen LogP contribution in [-0.2, 0) is 4.74 Å². The number of morpholine rings is 1. The SMILES string of the molecule is O=C(O)c1ccccc1-c1ccc(/C=N/Nc2nc(Nc3ccccc3)nc(N3CCOCC3)n2)o1. The Hall–Kier alpha value is -4.77. The molecule has 0 unspecified atom stereocenters. The van der Waals surface area contributed by atoms with Crippen LogP contribution in [0.5, 0.6) is 0 Å². The van der Waals surface area contributed by atoms with Crippen molar-refractivity contribution >= 4 is 35.7 Å². The Morgan fingerprint density at radius 2 is 1.69 bits per heavy atom. The number of rotatable bonds is 8. The minimum atomic E-state index is -1.02. The van der Waals surface area contributed by atoms with Crippen molar-refractivity contribution in [2.75, 3.05) is 41.9 Å². The van der Waals surface area contributed by atoms with E-state index in [1.54, 1.807) is 30.3 Å². The molecule has 0 atom stereocenters. The van der Waals surface area contributed by atoms with E-state index in [4.69, 9.17) is 9.15 Å². The van der Waals surface area contributed by atoms with Crippen LogP contribution in [0.25, 0.3) is 11.3 Å². The van der Waals surface area contributed by atoms with Crippen LogP contribution in [0.15, 0.2) is 76.2 Å². The molecule has 1 aliphatic rings. The molecule has 2 aromatic heterocycles. The molecule has 0 bridgehead atoms. The lowest BCUT2D eigenvalue weighted by molar-refractivity contribution is 0.0697. The average Bonchev–Trinajstić information content (AvgIpc) is 3.38. The number of ether oxygens (including phenoxy) is 1. The third-order valence-corrected chi connectivity index (χ3v) is 5.35. The van der Waals surface area contributed by atoms with E-state index in [9.17, 15) is 9.90 Å². The van der Waals surface area contributed by atoms with Crippen molar-refractivity contribution in [1.29, 1.82) is 0 Å². The maximum atomic E-state index is 11.5. The molecule has 2 aromatic carbocycles. The van der Waals surface area contributed by atoms with Gasteiger partial charge in [0.15, 0.2) is 0 Å². The Balaban J connectivity index is 1.35. The molecule has 1 saturated heterocycles. The molecule has 0 amide bonds. The third kappa shape index (κ3) is 5.47. The highest BCUT2D eigenvalue weighted by molar-refractivity contribution is 5.95. The first kappa shape index (κ1) is 23.0. The number of anilines is 4. The van der Waals surface area contributed by atoms with Gasteiger partial charge in [0.1, 0.15) is 11.5 Å². The van der Waals surface area contributed by atoms with Gasteiger partial charge in [0.2, 0.25) is 17.8 Å². The number of nitrogens with zero attached hydrogens (tertiary/aromatic N) is 5. The summed E-state index contributed by atoms with van der Waals surface area (Å²) < 4.78 is 11.2. The molecule has 1 fully saturated rings. The van der Waals surface area contributed by atoms with E-state index in [1.165, 1.54) is 12.3 Å². The van der Waals surface area contributed by atoms with Crippen molar-refractivity contribution in [3.63, 3.8) is 0 Å². The predicted molar refractivity (Wildman–Crippen MR) is 135 cm³/mol. The number of aromatic nitrogens is 3. The van der Waals surface area contributed by atoms with Crippen LogP contribution in [0.4, 0.5) is 23.5 Å². The molecule has 0 spiro atoms. The van der Waals surface area contributed by atoms with Gasteiger partial charge in [-0.05, 0) is 30.3 Å². The summed E-state index contributed by atoms with van der Waals surface area (Å²) in [6, 6.07) is 19.7. The fourth-order valence-corrected chi connectivity index (χ4v) is 3.63. The second kappa shape index (κ2) is 10.7. The Bertz CT molecular complexity index is 1370. The first-order chi connectivity index (χ1) is 17.7. The van der Waals surface area contributed by atoms with Crippen molar-refractivity contribution in [2.45, 2.75) is 0 Å². The quantitative estimate of drug-likeness (QED) is 0.249. The van der Waals surface area contributed by atoms with Crippen molar-refractivity contribution < 1.29 is 19.1 Å². The molecule has 0 aliphatic carbocycles. The molecule has 36 heavy (non-hydrogen) atoms. The van der Waals surface area contributed by atoms with Gasteiger partial charge in [0.25, 0.3) is 0 Å². The lowest BCUT2D eigenvalue weighted by atomic mass is 10.1. The second-order valence-corrected chi connectivity index (χ2v) is 7.80. The second-order valence-electron chi connectivity index (χ2n) is 7.80. The molecule has 5 rings (SSSR count). The molecule has 182 valence electrons. The van der Waals surface area contributed by atoms with E-state index in [2.05, 4.69) is 30.8 Å². The monoisotopic (exact) mass is 485 g/mol. The molecule has 1 aliphatic heterocycles. The maximum absolute atomic E-state index is 11.5. The third-order valence-electron chi connectivity index (χ3n) is 5.35. The van der Waals surface area contributed by atoms with Crippen LogP contribution in [0.2, 0.25) is 0 Å². The number of hydrazone groups is 1. The summed E-state index contributed by atoms with van der Waals surface area (Å²) in [5.74, 6) is 0.978. The van der Waals surface area contributed by atoms with Crippen molar-refractivity contribution in [1.82, 2.24) is 15.0 Å². The highest BCUT2D eigenvalue weighted by atomic mass is 16.5. The highest BCUT2D eigenvalue weighted by Gasteiger charge is 2.17. The fraction of sp³-hybridized carbons (Fsp3) is 0.160. The molecule has 11 nitrogen and oxygen atoms in total. The standard InChI is InChI=1S/C25H23N7O4/c33-22(34)20-9-5-4-8-19(20)21-11-10-18(36-21)16-26-31-24-28-23(27-17-6-2-1-3-7-17)29-25(30-24)32-12-14-35-15-13-32/h1-11,16H,12-15H2,(H,33,34)(H2,27,28,29,30,31)/b26-16+. The van der Waals surface area contributed by atoms with Crippen molar-refractivity contribution in [3.8, 4) is 11.3 Å². The lowest BCUT2D eigenvalue weighted by Gasteiger charge is -2.27. The van der Waals surface area contributed by atoms with Gasteiger partial charge in [0, 0.05) is 24.3 Å². The molecular weight excluding hydrogens is 462 g/mol. The van der Waals surface area contributed by atoms with E-state index >= 15 is 0 Å². The Kier molecular flexibility index (Phi) is 6.81. The van der Waals surface area contributed by atoms with E-state index in [1.807, 2.05) is 35.2 Å². The number of benzene rings is 2. The zero-order valence-electron chi connectivity index (χ0n) is 19.2. The predicted octanol–water partition coefficient (Wildman–Crippen LogP) is 3.86. The van der Waals surface area contributed by atoms with Gasteiger partial charge in [-0.1, -0.05) is 36.4 Å². The van der Waals surface area contributed by atoms with Gasteiger partial charge < -0.3 is 24.5 Å². The number of carboxylic acids is 1. The Labute approximate surface area is 206 Å². The molecular formula is C25H23N7O4. The van der Waals surface area contributed by atoms with Gasteiger partial charge in [-0.25, -0.2) is 10.2 Å². The summed E-state index contributed by atoms with van der Waals surface area (Å²) in [6.07, 6.45) is 1.47. The number of hydrogen-bond acceptors (Lipinski definition) is 10. The lowest BCUT2D eigenvalue weighted by Crippen LogP contribution is -2.37. The summed E-state index contributed by atoms with van der Waals surface area (Å²) in [6.45, 7) is 2.54. The minimum Gasteiger partial charge on any atom is -0.478 e. The summed E-state index contributed by atoms with van der Waals surface area (Å²) in [4.78, 5) is 27.0.